The van der Waals surface area contributed by atoms with Crippen molar-refractivity contribution >= 4 is 5.82 Å². The lowest BCUT2D eigenvalue weighted by molar-refractivity contribution is 0.281. The minimum absolute atomic E-state index is 0.0974. The normalized spacial score (nSPS) is 20.9. The molecule has 1 aromatic rings. The lowest BCUT2D eigenvalue weighted by atomic mass is 10.1. The van der Waals surface area contributed by atoms with Crippen molar-refractivity contribution in [3.05, 3.63) is 23.9 Å². The quantitative estimate of drug-likeness (QED) is 0.821. The van der Waals surface area contributed by atoms with Gasteiger partial charge in [0.25, 0.3) is 0 Å². The highest BCUT2D eigenvalue weighted by atomic mass is 16.3. The SMILES string of the molecule is CCC1CCCN1c1cc(CO)ccn1. The number of pyridine rings is 1. The van der Waals surface area contributed by atoms with E-state index in [0.29, 0.717) is 6.04 Å². The molecule has 0 amide bonds. The molecule has 0 bridgehead atoms. The van der Waals surface area contributed by atoms with Gasteiger partial charge in [-0.1, -0.05) is 6.92 Å². The Morgan fingerprint density at radius 2 is 2.47 bits per heavy atom. The molecule has 0 radical (unpaired) electrons. The van der Waals surface area contributed by atoms with Crippen LogP contribution in [0.2, 0.25) is 0 Å². The second-order valence-electron chi connectivity index (χ2n) is 4.08. The number of aromatic nitrogens is 1. The standard InChI is InChI=1S/C12H18N2O/c1-2-11-4-3-7-14(11)12-8-10(9-15)5-6-13-12/h5-6,8,11,15H,2-4,7,9H2,1H3. The Labute approximate surface area is 90.8 Å². The molecule has 0 saturated carbocycles. The summed E-state index contributed by atoms with van der Waals surface area (Å²) in [6.45, 7) is 3.42. The Bertz CT molecular complexity index is 327. The number of hydrogen-bond donors (Lipinski definition) is 1. The second-order valence-corrected chi connectivity index (χ2v) is 4.08. The van der Waals surface area contributed by atoms with Crippen molar-refractivity contribution < 1.29 is 5.11 Å². The van der Waals surface area contributed by atoms with Crippen LogP contribution in [0, 0.1) is 0 Å². The summed E-state index contributed by atoms with van der Waals surface area (Å²) in [6.07, 6.45) is 5.47. The van der Waals surface area contributed by atoms with Crippen molar-refractivity contribution in [1.29, 1.82) is 0 Å². The first-order valence-electron chi connectivity index (χ1n) is 5.67. The predicted molar refractivity (Wildman–Crippen MR) is 60.8 cm³/mol. The average molecular weight is 206 g/mol. The molecule has 15 heavy (non-hydrogen) atoms. The van der Waals surface area contributed by atoms with Crippen LogP contribution in [-0.4, -0.2) is 22.7 Å². The van der Waals surface area contributed by atoms with E-state index in [1.165, 1.54) is 19.3 Å². The van der Waals surface area contributed by atoms with Crippen LogP contribution in [-0.2, 0) is 6.61 Å². The minimum Gasteiger partial charge on any atom is -0.392 e. The van der Waals surface area contributed by atoms with Gasteiger partial charge in [-0.05, 0) is 37.0 Å². The molecule has 1 aliphatic rings. The Morgan fingerprint density at radius 1 is 1.60 bits per heavy atom. The highest BCUT2D eigenvalue weighted by molar-refractivity contribution is 5.43. The van der Waals surface area contributed by atoms with Gasteiger partial charge in [0.1, 0.15) is 5.82 Å². The lowest BCUT2D eigenvalue weighted by Crippen LogP contribution is -2.29. The largest absolute Gasteiger partial charge is 0.392 e. The van der Waals surface area contributed by atoms with Crippen molar-refractivity contribution in [3.8, 4) is 0 Å². The smallest absolute Gasteiger partial charge is 0.129 e. The Morgan fingerprint density at radius 3 is 3.20 bits per heavy atom. The van der Waals surface area contributed by atoms with Gasteiger partial charge < -0.3 is 10.0 Å². The third-order valence-electron chi connectivity index (χ3n) is 3.14. The van der Waals surface area contributed by atoms with Gasteiger partial charge in [-0.2, -0.15) is 0 Å². The van der Waals surface area contributed by atoms with Crippen LogP contribution in [0.4, 0.5) is 5.82 Å². The summed E-state index contributed by atoms with van der Waals surface area (Å²) in [4.78, 5) is 6.74. The fourth-order valence-corrected chi connectivity index (χ4v) is 2.28. The van der Waals surface area contributed by atoms with Crippen molar-refractivity contribution in [2.45, 2.75) is 38.8 Å². The van der Waals surface area contributed by atoms with Crippen molar-refractivity contribution in [3.63, 3.8) is 0 Å². The molecule has 82 valence electrons. The van der Waals surface area contributed by atoms with E-state index in [0.717, 1.165) is 17.9 Å². The summed E-state index contributed by atoms with van der Waals surface area (Å²) in [6, 6.07) is 4.49. The molecule has 0 aliphatic carbocycles. The van der Waals surface area contributed by atoms with Gasteiger partial charge in [-0.15, -0.1) is 0 Å². The number of hydrogen-bond acceptors (Lipinski definition) is 3. The summed E-state index contributed by atoms with van der Waals surface area (Å²) in [7, 11) is 0. The van der Waals surface area contributed by atoms with Crippen LogP contribution in [0.25, 0.3) is 0 Å². The van der Waals surface area contributed by atoms with E-state index in [4.69, 9.17) is 5.11 Å². The first kappa shape index (κ1) is 10.4. The van der Waals surface area contributed by atoms with E-state index in [2.05, 4.69) is 16.8 Å². The van der Waals surface area contributed by atoms with Crippen molar-refractivity contribution in [2.75, 3.05) is 11.4 Å². The Balaban J connectivity index is 2.20. The van der Waals surface area contributed by atoms with E-state index in [1.54, 1.807) is 6.20 Å². The van der Waals surface area contributed by atoms with Crippen LogP contribution in [0.1, 0.15) is 31.7 Å². The van der Waals surface area contributed by atoms with Gasteiger partial charge in [-0.3, -0.25) is 0 Å². The van der Waals surface area contributed by atoms with Gasteiger partial charge in [-0.25, -0.2) is 4.98 Å². The summed E-state index contributed by atoms with van der Waals surface area (Å²) >= 11 is 0. The maximum Gasteiger partial charge on any atom is 0.129 e. The van der Waals surface area contributed by atoms with Crippen LogP contribution in [0.5, 0.6) is 0 Å². The van der Waals surface area contributed by atoms with E-state index in [1.807, 2.05) is 12.1 Å². The lowest BCUT2D eigenvalue weighted by Gasteiger charge is -2.24. The predicted octanol–water partition coefficient (Wildman–Crippen LogP) is 1.95. The molecule has 1 N–H and O–H groups in total. The number of aliphatic hydroxyl groups is 1. The molecule has 3 heteroatoms. The summed E-state index contributed by atoms with van der Waals surface area (Å²) in [5.41, 5.74) is 0.946. The molecule has 1 aromatic heterocycles. The minimum atomic E-state index is 0.0974. The second kappa shape index (κ2) is 4.62. The van der Waals surface area contributed by atoms with Crippen LogP contribution in [0.15, 0.2) is 18.3 Å². The third kappa shape index (κ3) is 2.12. The van der Waals surface area contributed by atoms with E-state index >= 15 is 0 Å². The fourth-order valence-electron chi connectivity index (χ4n) is 2.28. The number of aliphatic hydroxyl groups excluding tert-OH is 1. The van der Waals surface area contributed by atoms with Crippen molar-refractivity contribution in [2.24, 2.45) is 0 Å². The van der Waals surface area contributed by atoms with Crippen LogP contribution in [0.3, 0.4) is 0 Å². The first-order chi connectivity index (χ1) is 7.35. The van der Waals surface area contributed by atoms with Crippen LogP contribution < -0.4 is 4.90 Å². The molecule has 1 atom stereocenters. The van der Waals surface area contributed by atoms with E-state index in [9.17, 15) is 0 Å². The molecule has 1 aliphatic heterocycles. The monoisotopic (exact) mass is 206 g/mol. The molecule has 0 spiro atoms. The molecule has 1 unspecified atom stereocenters. The third-order valence-corrected chi connectivity index (χ3v) is 3.14. The Hall–Kier alpha value is -1.09. The summed E-state index contributed by atoms with van der Waals surface area (Å²) in [5.74, 6) is 1.02. The van der Waals surface area contributed by atoms with E-state index in [-0.39, 0.29) is 6.61 Å². The molecular weight excluding hydrogens is 188 g/mol. The molecule has 2 heterocycles. The maximum absolute atomic E-state index is 9.08. The molecule has 0 aromatic carbocycles. The number of anilines is 1. The number of nitrogens with zero attached hydrogens (tertiary/aromatic N) is 2. The Kier molecular flexibility index (Phi) is 3.21. The zero-order valence-corrected chi connectivity index (χ0v) is 9.19. The highest BCUT2D eigenvalue weighted by Gasteiger charge is 2.23. The topological polar surface area (TPSA) is 36.4 Å². The van der Waals surface area contributed by atoms with Crippen LogP contribution >= 0.6 is 0 Å². The van der Waals surface area contributed by atoms with E-state index < -0.39 is 0 Å². The van der Waals surface area contributed by atoms with Crippen molar-refractivity contribution in [1.82, 2.24) is 4.98 Å². The first-order valence-corrected chi connectivity index (χ1v) is 5.67. The average Bonchev–Trinajstić information content (AvgIpc) is 2.77. The molecule has 2 rings (SSSR count). The molecule has 3 nitrogen and oxygen atoms in total. The zero-order valence-electron chi connectivity index (χ0n) is 9.19. The number of rotatable bonds is 3. The molecular formula is C12H18N2O. The zero-order chi connectivity index (χ0) is 10.7. The summed E-state index contributed by atoms with van der Waals surface area (Å²) < 4.78 is 0. The molecule has 1 fully saturated rings. The van der Waals surface area contributed by atoms with Gasteiger partial charge in [0.2, 0.25) is 0 Å². The van der Waals surface area contributed by atoms with Gasteiger partial charge in [0, 0.05) is 18.8 Å². The maximum atomic E-state index is 9.08. The summed E-state index contributed by atoms with van der Waals surface area (Å²) in [5, 5.41) is 9.08. The van der Waals surface area contributed by atoms with Gasteiger partial charge >= 0.3 is 0 Å². The van der Waals surface area contributed by atoms with Gasteiger partial charge in [0.05, 0.1) is 6.61 Å². The molecule has 1 saturated heterocycles. The fraction of sp³-hybridized carbons (Fsp3) is 0.583. The van der Waals surface area contributed by atoms with Gasteiger partial charge in [0.15, 0.2) is 0 Å². The highest BCUT2D eigenvalue weighted by Crippen LogP contribution is 2.25.